The normalized spacial score (nSPS) is 20.5. The molecule has 1 N–H and O–H groups in total. The van der Waals surface area contributed by atoms with Crippen molar-refractivity contribution >= 4 is 15.9 Å². The van der Waals surface area contributed by atoms with Crippen LogP contribution in [0.4, 0.5) is 0 Å². The predicted molar refractivity (Wildman–Crippen MR) is 88.0 cm³/mol. The fourth-order valence-corrected chi connectivity index (χ4v) is 4.38. The SMILES string of the molecule is Cc1ccc(S(=O)(=O)N2CCN(C(=O)C[NH+]3CCOCC3)C2)cc1. The predicted octanol–water partition coefficient (Wildman–Crippen LogP) is -1.30. The second-order valence-corrected chi connectivity index (χ2v) is 8.27. The molecule has 2 fully saturated rings. The first-order valence-electron chi connectivity index (χ1n) is 8.23. The van der Waals surface area contributed by atoms with Gasteiger partial charge in [0.25, 0.3) is 5.91 Å². The zero-order valence-electron chi connectivity index (χ0n) is 13.9. The summed E-state index contributed by atoms with van der Waals surface area (Å²) in [6.07, 6.45) is 0. The lowest BCUT2D eigenvalue weighted by atomic mass is 10.2. The molecule has 0 spiro atoms. The molecule has 0 aromatic heterocycles. The Morgan fingerprint density at radius 2 is 1.83 bits per heavy atom. The topological polar surface area (TPSA) is 71.4 Å². The highest BCUT2D eigenvalue weighted by molar-refractivity contribution is 7.89. The molecule has 2 saturated heterocycles. The van der Waals surface area contributed by atoms with Crippen LogP contribution >= 0.6 is 0 Å². The Bertz CT molecular complexity index is 684. The van der Waals surface area contributed by atoms with E-state index in [1.807, 2.05) is 6.92 Å². The van der Waals surface area contributed by atoms with Crippen LogP contribution in [0.15, 0.2) is 29.2 Å². The molecule has 0 unspecified atom stereocenters. The summed E-state index contributed by atoms with van der Waals surface area (Å²) >= 11 is 0. The average molecular weight is 354 g/mol. The molecule has 0 radical (unpaired) electrons. The Balaban J connectivity index is 1.61. The number of hydrogen-bond donors (Lipinski definition) is 1. The van der Waals surface area contributed by atoms with Crippen molar-refractivity contribution < 1.29 is 22.8 Å². The number of amides is 1. The number of carbonyl (C=O) groups is 1. The Kier molecular flexibility index (Phi) is 5.19. The maximum Gasteiger partial charge on any atom is 0.278 e. The lowest BCUT2D eigenvalue weighted by molar-refractivity contribution is -0.900. The van der Waals surface area contributed by atoms with E-state index < -0.39 is 10.0 Å². The summed E-state index contributed by atoms with van der Waals surface area (Å²) in [7, 11) is -3.54. The van der Waals surface area contributed by atoms with Gasteiger partial charge in [-0.1, -0.05) is 17.7 Å². The number of sulfonamides is 1. The van der Waals surface area contributed by atoms with E-state index in [1.54, 1.807) is 29.2 Å². The van der Waals surface area contributed by atoms with Gasteiger partial charge in [-0.25, -0.2) is 8.42 Å². The average Bonchev–Trinajstić information content (AvgIpc) is 3.07. The Morgan fingerprint density at radius 3 is 2.50 bits per heavy atom. The van der Waals surface area contributed by atoms with Crippen molar-refractivity contribution in [1.29, 1.82) is 0 Å². The van der Waals surface area contributed by atoms with Crippen LogP contribution in [0.1, 0.15) is 5.56 Å². The number of ether oxygens (including phenoxy) is 1. The van der Waals surface area contributed by atoms with E-state index in [1.165, 1.54) is 9.21 Å². The number of benzene rings is 1. The van der Waals surface area contributed by atoms with E-state index in [-0.39, 0.29) is 17.5 Å². The molecule has 0 atom stereocenters. The van der Waals surface area contributed by atoms with Gasteiger partial charge in [0.05, 0.1) is 24.8 Å². The van der Waals surface area contributed by atoms with Gasteiger partial charge < -0.3 is 14.5 Å². The lowest BCUT2D eigenvalue weighted by Crippen LogP contribution is -3.15. The molecule has 7 nitrogen and oxygen atoms in total. The van der Waals surface area contributed by atoms with Crippen LogP contribution in [0.3, 0.4) is 0 Å². The third-order valence-corrected chi connectivity index (χ3v) is 6.41. The van der Waals surface area contributed by atoms with Gasteiger partial charge >= 0.3 is 0 Å². The van der Waals surface area contributed by atoms with E-state index in [0.717, 1.165) is 18.7 Å². The number of nitrogens with zero attached hydrogens (tertiary/aromatic N) is 2. The van der Waals surface area contributed by atoms with Gasteiger partial charge in [-0.15, -0.1) is 0 Å². The van der Waals surface area contributed by atoms with Crippen LogP contribution in [0.25, 0.3) is 0 Å². The van der Waals surface area contributed by atoms with Gasteiger partial charge in [0.1, 0.15) is 13.1 Å². The number of morpholine rings is 1. The summed E-state index contributed by atoms with van der Waals surface area (Å²) in [6.45, 7) is 6.26. The standard InChI is InChI=1S/C16H23N3O4S/c1-14-2-4-15(5-3-14)24(21,22)19-7-6-18(13-19)16(20)12-17-8-10-23-11-9-17/h2-5H,6-13H2,1H3/p+1. The Morgan fingerprint density at radius 1 is 1.17 bits per heavy atom. The van der Waals surface area contributed by atoms with Crippen LogP contribution in [0.2, 0.25) is 0 Å². The van der Waals surface area contributed by atoms with Crippen LogP contribution in [0.5, 0.6) is 0 Å². The first-order valence-corrected chi connectivity index (χ1v) is 9.67. The Labute approximate surface area is 142 Å². The van der Waals surface area contributed by atoms with E-state index in [9.17, 15) is 13.2 Å². The molecule has 1 aromatic carbocycles. The number of quaternary nitrogens is 1. The minimum Gasteiger partial charge on any atom is -0.370 e. The number of hydrogen-bond acceptors (Lipinski definition) is 4. The summed E-state index contributed by atoms with van der Waals surface area (Å²) in [4.78, 5) is 15.5. The maximum atomic E-state index is 12.7. The van der Waals surface area contributed by atoms with Gasteiger partial charge in [-0.2, -0.15) is 4.31 Å². The fraction of sp³-hybridized carbons (Fsp3) is 0.562. The number of carbonyl (C=O) groups excluding carboxylic acids is 1. The molecule has 0 bridgehead atoms. The molecular formula is C16H24N3O4S+. The molecule has 0 saturated carbocycles. The monoisotopic (exact) mass is 354 g/mol. The summed E-state index contributed by atoms with van der Waals surface area (Å²) < 4.78 is 32.0. The largest absolute Gasteiger partial charge is 0.370 e. The van der Waals surface area contributed by atoms with Gasteiger partial charge in [0, 0.05) is 13.1 Å². The summed E-state index contributed by atoms with van der Waals surface area (Å²) in [5, 5.41) is 0. The van der Waals surface area contributed by atoms with Crippen molar-refractivity contribution in [3.63, 3.8) is 0 Å². The van der Waals surface area contributed by atoms with E-state index in [4.69, 9.17) is 4.74 Å². The maximum absolute atomic E-state index is 12.7. The van der Waals surface area contributed by atoms with Gasteiger partial charge in [0.2, 0.25) is 10.0 Å². The highest BCUT2D eigenvalue weighted by Crippen LogP contribution is 2.19. The van der Waals surface area contributed by atoms with E-state index in [0.29, 0.717) is 32.8 Å². The van der Waals surface area contributed by atoms with Crippen molar-refractivity contribution in [2.75, 3.05) is 52.6 Å². The first kappa shape index (κ1) is 17.3. The molecule has 24 heavy (non-hydrogen) atoms. The van der Waals surface area contributed by atoms with Crippen LogP contribution in [-0.4, -0.2) is 76.1 Å². The molecular weight excluding hydrogens is 330 g/mol. The van der Waals surface area contributed by atoms with Gasteiger partial charge in [-0.3, -0.25) is 4.79 Å². The smallest absolute Gasteiger partial charge is 0.278 e. The molecule has 132 valence electrons. The van der Waals surface area contributed by atoms with Crippen molar-refractivity contribution in [1.82, 2.24) is 9.21 Å². The summed E-state index contributed by atoms with van der Waals surface area (Å²) in [6, 6.07) is 6.81. The molecule has 0 aliphatic carbocycles. The third-order valence-electron chi connectivity index (χ3n) is 4.56. The summed E-state index contributed by atoms with van der Waals surface area (Å²) in [5.41, 5.74) is 1.01. The highest BCUT2D eigenvalue weighted by atomic mass is 32.2. The fourth-order valence-electron chi connectivity index (χ4n) is 2.99. The van der Waals surface area contributed by atoms with E-state index in [2.05, 4.69) is 0 Å². The highest BCUT2D eigenvalue weighted by Gasteiger charge is 2.34. The Hall–Kier alpha value is -1.48. The summed E-state index contributed by atoms with van der Waals surface area (Å²) in [5.74, 6) is 0.00788. The quantitative estimate of drug-likeness (QED) is 0.730. The van der Waals surface area contributed by atoms with Gasteiger partial charge in [-0.05, 0) is 19.1 Å². The second-order valence-electron chi connectivity index (χ2n) is 6.33. The molecule has 2 aliphatic heterocycles. The minimum atomic E-state index is -3.54. The van der Waals surface area contributed by atoms with Crippen LogP contribution < -0.4 is 4.90 Å². The zero-order valence-corrected chi connectivity index (χ0v) is 14.7. The van der Waals surface area contributed by atoms with Crippen LogP contribution in [0, 0.1) is 6.92 Å². The first-order chi connectivity index (χ1) is 11.5. The van der Waals surface area contributed by atoms with E-state index >= 15 is 0 Å². The van der Waals surface area contributed by atoms with Gasteiger partial charge in [0.15, 0.2) is 6.54 Å². The second kappa shape index (κ2) is 7.18. The zero-order chi connectivity index (χ0) is 17.2. The third kappa shape index (κ3) is 3.77. The number of nitrogens with one attached hydrogen (secondary N) is 1. The molecule has 1 aromatic rings. The van der Waals surface area contributed by atoms with Crippen molar-refractivity contribution in [3.05, 3.63) is 29.8 Å². The molecule has 2 aliphatic rings. The molecule has 8 heteroatoms. The van der Waals surface area contributed by atoms with Crippen molar-refractivity contribution in [2.45, 2.75) is 11.8 Å². The number of rotatable bonds is 4. The lowest BCUT2D eigenvalue weighted by Gasteiger charge is -2.25. The molecule has 1 amide bonds. The van der Waals surface area contributed by atoms with Crippen molar-refractivity contribution in [2.24, 2.45) is 0 Å². The van der Waals surface area contributed by atoms with Crippen molar-refractivity contribution in [3.8, 4) is 0 Å². The number of aryl methyl sites for hydroxylation is 1. The molecule has 2 heterocycles. The van der Waals surface area contributed by atoms with Crippen LogP contribution in [-0.2, 0) is 19.6 Å². The molecule has 3 rings (SSSR count). The minimum absolute atomic E-state index is 0.00788.